The monoisotopic (exact) mass is 367 g/mol. The second-order valence-electron chi connectivity index (χ2n) is 6.92. The number of ketones is 2. The minimum Gasteiger partial charge on any atom is -0.355 e. The van der Waals surface area contributed by atoms with E-state index in [1.807, 2.05) is 6.07 Å². The molecule has 7 heteroatoms. The molecule has 1 aliphatic rings. The number of amides is 3. The number of hydrogen-bond donors (Lipinski definition) is 2. The number of aromatic amines is 1. The summed E-state index contributed by atoms with van der Waals surface area (Å²) in [6, 6.07) is 8.26. The lowest BCUT2D eigenvalue weighted by molar-refractivity contribution is -0.130. The first-order valence-electron chi connectivity index (χ1n) is 8.59. The van der Waals surface area contributed by atoms with Crippen molar-refractivity contribution in [1.82, 2.24) is 15.2 Å². The zero-order chi connectivity index (χ0) is 19.9. The molecule has 0 bridgehead atoms. The van der Waals surface area contributed by atoms with Gasteiger partial charge in [-0.1, -0.05) is 30.3 Å². The number of carbonyl (C=O) groups is 4. The maximum Gasteiger partial charge on any atom is 0.325 e. The van der Waals surface area contributed by atoms with Crippen LogP contribution in [0.4, 0.5) is 4.79 Å². The first kappa shape index (κ1) is 18.6. The van der Waals surface area contributed by atoms with Crippen molar-refractivity contribution in [1.29, 1.82) is 0 Å². The fraction of sp³-hybridized carbons (Fsp3) is 0.300. The SMILES string of the molecule is CC(=O)c1c(C)[nH]c(C(=O)CN2C(=O)NC(C)(c3ccccc3)C2=O)c1C. The van der Waals surface area contributed by atoms with Gasteiger partial charge in [0.25, 0.3) is 5.91 Å². The standard InChI is InChI=1S/C20H21N3O4/c1-11-16(13(3)24)12(2)21-17(11)15(25)10-23-18(26)20(4,22-19(23)27)14-8-6-5-7-9-14/h5-9,21H,10H2,1-4H3,(H,22,27). The lowest BCUT2D eigenvalue weighted by Gasteiger charge is -2.22. The molecule has 0 spiro atoms. The van der Waals surface area contributed by atoms with E-state index in [-0.39, 0.29) is 11.5 Å². The predicted octanol–water partition coefficient (Wildman–Crippen LogP) is 2.48. The van der Waals surface area contributed by atoms with Crippen molar-refractivity contribution in [2.75, 3.05) is 6.54 Å². The van der Waals surface area contributed by atoms with Crippen molar-refractivity contribution < 1.29 is 19.2 Å². The summed E-state index contributed by atoms with van der Waals surface area (Å²) < 4.78 is 0. The molecule has 1 saturated heterocycles. The van der Waals surface area contributed by atoms with Gasteiger partial charge < -0.3 is 10.3 Å². The van der Waals surface area contributed by atoms with Crippen LogP contribution in [0.25, 0.3) is 0 Å². The average Bonchev–Trinajstić information content (AvgIpc) is 3.04. The predicted molar refractivity (Wildman–Crippen MR) is 98.6 cm³/mol. The van der Waals surface area contributed by atoms with Crippen LogP contribution in [-0.4, -0.2) is 39.9 Å². The molecule has 0 saturated carbocycles. The Balaban J connectivity index is 1.87. The van der Waals surface area contributed by atoms with Gasteiger partial charge in [0, 0.05) is 11.3 Å². The first-order valence-corrected chi connectivity index (χ1v) is 8.59. The number of aromatic nitrogens is 1. The molecule has 140 valence electrons. The van der Waals surface area contributed by atoms with Crippen LogP contribution in [0.1, 0.15) is 51.5 Å². The molecule has 1 aromatic heterocycles. The summed E-state index contributed by atoms with van der Waals surface area (Å²) in [5, 5.41) is 2.67. The minimum atomic E-state index is -1.22. The number of hydrogen-bond acceptors (Lipinski definition) is 4. The molecule has 27 heavy (non-hydrogen) atoms. The van der Waals surface area contributed by atoms with E-state index in [1.54, 1.807) is 45.0 Å². The number of rotatable bonds is 5. The molecule has 1 unspecified atom stereocenters. The Labute approximate surface area is 156 Å². The smallest absolute Gasteiger partial charge is 0.325 e. The molecule has 1 aromatic carbocycles. The second-order valence-corrected chi connectivity index (χ2v) is 6.92. The van der Waals surface area contributed by atoms with Crippen molar-refractivity contribution >= 4 is 23.5 Å². The highest BCUT2D eigenvalue weighted by Gasteiger charge is 2.49. The van der Waals surface area contributed by atoms with Crippen LogP contribution < -0.4 is 5.32 Å². The van der Waals surface area contributed by atoms with E-state index in [9.17, 15) is 19.2 Å². The molecule has 0 aliphatic carbocycles. The number of nitrogens with zero attached hydrogens (tertiary/aromatic N) is 1. The van der Waals surface area contributed by atoms with E-state index in [0.29, 0.717) is 22.4 Å². The summed E-state index contributed by atoms with van der Waals surface area (Å²) in [6.45, 7) is 6.03. The lowest BCUT2D eigenvalue weighted by Crippen LogP contribution is -2.41. The van der Waals surface area contributed by atoms with Gasteiger partial charge in [-0.15, -0.1) is 0 Å². The number of carbonyl (C=O) groups excluding carboxylic acids is 4. The van der Waals surface area contributed by atoms with Crippen molar-refractivity contribution in [2.24, 2.45) is 0 Å². The highest BCUT2D eigenvalue weighted by atomic mass is 16.2. The summed E-state index contributed by atoms with van der Waals surface area (Å²) >= 11 is 0. The number of benzene rings is 1. The molecule has 3 rings (SSSR count). The molecule has 1 atom stereocenters. The number of aryl methyl sites for hydroxylation is 1. The topological polar surface area (TPSA) is 99.3 Å². The van der Waals surface area contributed by atoms with Gasteiger partial charge in [0.05, 0.1) is 12.2 Å². The third-order valence-corrected chi connectivity index (χ3v) is 5.00. The third kappa shape index (κ3) is 2.95. The van der Waals surface area contributed by atoms with Gasteiger partial charge in [-0.2, -0.15) is 0 Å². The molecule has 0 radical (unpaired) electrons. The van der Waals surface area contributed by atoms with E-state index >= 15 is 0 Å². The van der Waals surface area contributed by atoms with Crippen LogP contribution in [0.5, 0.6) is 0 Å². The molecule has 1 fully saturated rings. The Morgan fingerprint density at radius 3 is 2.30 bits per heavy atom. The summed E-state index contributed by atoms with van der Waals surface area (Å²) in [4.78, 5) is 53.6. The number of urea groups is 1. The van der Waals surface area contributed by atoms with Gasteiger partial charge in [-0.3, -0.25) is 19.3 Å². The molecular weight excluding hydrogens is 346 g/mol. The van der Waals surface area contributed by atoms with Gasteiger partial charge in [0.15, 0.2) is 11.6 Å². The molecule has 2 N–H and O–H groups in total. The van der Waals surface area contributed by atoms with Crippen LogP contribution >= 0.6 is 0 Å². The maximum absolute atomic E-state index is 12.9. The van der Waals surface area contributed by atoms with Crippen LogP contribution in [0.15, 0.2) is 30.3 Å². The van der Waals surface area contributed by atoms with E-state index in [2.05, 4.69) is 10.3 Å². The Bertz CT molecular complexity index is 961. The minimum absolute atomic E-state index is 0.146. The van der Waals surface area contributed by atoms with Crippen molar-refractivity contribution in [3.8, 4) is 0 Å². The zero-order valence-electron chi connectivity index (χ0n) is 15.7. The third-order valence-electron chi connectivity index (χ3n) is 5.00. The van der Waals surface area contributed by atoms with Gasteiger partial charge in [-0.05, 0) is 38.8 Å². The normalized spacial score (nSPS) is 19.3. The van der Waals surface area contributed by atoms with Crippen molar-refractivity contribution in [3.05, 3.63) is 58.4 Å². The largest absolute Gasteiger partial charge is 0.355 e. The van der Waals surface area contributed by atoms with Crippen LogP contribution in [0.2, 0.25) is 0 Å². The number of Topliss-reactive ketones (excluding diaryl/α,β-unsaturated/α-hetero) is 2. The molecular formula is C20H21N3O4. The van der Waals surface area contributed by atoms with E-state index in [1.165, 1.54) is 6.92 Å². The lowest BCUT2D eigenvalue weighted by atomic mass is 9.92. The quantitative estimate of drug-likeness (QED) is 0.626. The molecule has 3 amide bonds. The number of nitrogens with one attached hydrogen (secondary N) is 2. The Morgan fingerprint density at radius 1 is 1.11 bits per heavy atom. The van der Waals surface area contributed by atoms with Gasteiger partial charge in [-0.25, -0.2) is 4.79 Å². The first-order chi connectivity index (χ1) is 12.7. The van der Waals surface area contributed by atoms with Crippen LogP contribution in [0, 0.1) is 13.8 Å². The van der Waals surface area contributed by atoms with Gasteiger partial charge in [0.1, 0.15) is 5.54 Å². The van der Waals surface area contributed by atoms with Crippen molar-refractivity contribution in [2.45, 2.75) is 33.2 Å². The summed E-state index contributed by atoms with van der Waals surface area (Å²) in [5.41, 5.74) is 1.25. The fourth-order valence-electron chi connectivity index (χ4n) is 3.59. The summed E-state index contributed by atoms with van der Waals surface area (Å²) in [7, 11) is 0. The fourth-order valence-corrected chi connectivity index (χ4v) is 3.59. The van der Waals surface area contributed by atoms with Gasteiger partial charge in [0.2, 0.25) is 0 Å². The second kappa shape index (κ2) is 6.50. The van der Waals surface area contributed by atoms with E-state index in [4.69, 9.17) is 0 Å². The van der Waals surface area contributed by atoms with E-state index in [0.717, 1.165) is 4.90 Å². The highest BCUT2D eigenvalue weighted by Crippen LogP contribution is 2.29. The van der Waals surface area contributed by atoms with Crippen molar-refractivity contribution in [3.63, 3.8) is 0 Å². The Hall–Kier alpha value is -3.22. The summed E-state index contributed by atoms with van der Waals surface area (Å²) in [6.07, 6.45) is 0. The highest BCUT2D eigenvalue weighted by molar-refractivity contribution is 6.12. The molecule has 7 nitrogen and oxygen atoms in total. The Morgan fingerprint density at radius 2 is 1.74 bits per heavy atom. The van der Waals surface area contributed by atoms with Crippen LogP contribution in [-0.2, 0) is 10.3 Å². The van der Waals surface area contributed by atoms with E-state index < -0.39 is 29.8 Å². The number of H-pyrrole nitrogens is 1. The maximum atomic E-state index is 12.9. The van der Waals surface area contributed by atoms with Crippen LogP contribution in [0.3, 0.4) is 0 Å². The molecule has 1 aliphatic heterocycles. The zero-order valence-corrected chi connectivity index (χ0v) is 15.7. The Kier molecular flexibility index (Phi) is 4.47. The molecule has 2 aromatic rings. The van der Waals surface area contributed by atoms with Gasteiger partial charge >= 0.3 is 6.03 Å². The number of imide groups is 1. The average molecular weight is 367 g/mol. The summed E-state index contributed by atoms with van der Waals surface area (Å²) in [5.74, 6) is -1.06. The molecule has 2 heterocycles.